The number of hydrogen-bond donors (Lipinski definition) is 1. The molecule has 0 unspecified atom stereocenters. The van der Waals surface area contributed by atoms with Gasteiger partial charge in [0.15, 0.2) is 0 Å². The van der Waals surface area contributed by atoms with Gasteiger partial charge in [-0.2, -0.15) is 0 Å². The predicted octanol–water partition coefficient (Wildman–Crippen LogP) is 1.63. The van der Waals surface area contributed by atoms with Gasteiger partial charge in [-0.05, 0) is 12.5 Å². The quantitative estimate of drug-likeness (QED) is 0.933. The first-order valence-corrected chi connectivity index (χ1v) is 7.73. The second kappa shape index (κ2) is 5.70. The summed E-state index contributed by atoms with van der Waals surface area (Å²) in [4.78, 5) is 15.0. The molecule has 0 bridgehead atoms. The molecule has 1 N–H and O–H groups in total. The topological polar surface area (TPSA) is 63.3 Å². The zero-order valence-corrected chi connectivity index (χ0v) is 12.7. The molecular formula is C16H20N4O2. The van der Waals surface area contributed by atoms with Gasteiger partial charge in [-0.1, -0.05) is 0 Å². The first-order chi connectivity index (χ1) is 10.8. The Bertz CT molecular complexity index is 647. The smallest absolute Gasteiger partial charge is 0.212 e. The van der Waals surface area contributed by atoms with E-state index >= 15 is 0 Å². The van der Waals surface area contributed by atoms with Gasteiger partial charge in [0, 0.05) is 50.0 Å². The van der Waals surface area contributed by atoms with Crippen LogP contribution in [0.3, 0.4) is 0 Å². The number of ether oxygens (including phenoxy) is 2. The Kier molecular flexibility index (Phi) is 3.56. The normalized spacial score (nSPS) is 21.8. The lowest BCUT2D eigenvalue weighted by atomic mass is 10.1. The van der Waals surface area contributed by atoms with Crippen molar-refractivity contribution >= 4 is 0 Å². The van der Waals surface area contributed by atoms with Gasteiger partial charge in [0.05, 0.1) is 25.1 Å². The van der Waals surface area contributed by atoms with E-state index in [9.17, 15) is 0 Å². The largest absolute Gasteiger partial charge is 0.481 e. The van der Waals surface area contributed by atoms with Gasteiger partial charge >= 0.3 is 0 Å². The van der Waals surface area contributed by atoms with Crippen molar-refractivity contribution in [3.8, 4) is 17.3 Å². The van der Waals surface area contributed by atoms with Crippen LogP contribution < -0.4 is 4.74 Å². The fourth-order valence-corrected chi connectivity index (χ4v) is 3.21. The first kappa shape index (κ1) is 13.7. The van der Waals surface area contributed by atoms with Crippen LogP contribution in [0.4, 0.5) is 0 Å². The number of methoxy groups -OCH3 is 1. The lowest BCUT2D eigenvalue weighted by Crippen LogP contribution is -2.39. The molecule has 1 fully saturated rings. The number of nitrogens with zero attached hydrogens (tertiary/aromatic N) is 3. The molecule has 2 aliphatic heterocycles. The van der Waals surface area contributed by atoms with Crippen LogP contribution >= 0.6 is 0 Å². The minimum atomic E-state index is 0.558. The van der Waals surface area contributed by atoms with Crippen LogP contribution in [0.5, 0.6) is 5.88 Å². The highest BCUT2D eigenvalue weighted by molar-refractivity contribution is 5.55. The summed E-state index contributed by atoms with van der Waals surface area (Å²) in [6.45, 7) is 3.74. The second-order valence-electron chi connectivity index (χ2n) is 5.84. The summed E-state index contributed by atoms with van der Waals surface area (Å²) < 4.78 is 10.6. The number of H-pyrrole nitrogens is 1. The van der Waals surface area contributed by atoms with Gasteiger partial charge in [-0.3, -0.25) is 4.90 Å². The molecular weight excluding hydrogens is 280 g/mol. The number of imidazole rings is 1. The molecule has 1 atom stereocenters. The summed E-state index contributed by atoms with van der Waals surface area (Å²) in [6.07, 6.45) is 3.93. The molecule has 0 spiro atoms. The average molecular weight is 300 g/mol. The molecule has 4 rings (SSSR count). The Morgan fingerprint density at radius 2 is 2.36 bits per heavy atom. The summed E-state index contributed by atoms with van der Waals surface area (Å²) in [5.74, 6) is 1.51. The molecule has 0 radical (unpaired) electrons. The molecule has 2 aliphatic rings. The highest BCUT2D eigenvalue weighted by Gasteiger charge is 2.28. The Balaban J connectivity index is 1.55. The van der Waals surface area contributed by atoms with Gasteiger partial charge in [-0.15, -0.1) is 0 Å². The summed E-state index contributed by atoms with van der Waals surface area (Å²) in [5, 5.41) is 0. The minimum Gasteiger partial charge on any atom is -0.481 e. The zero-order valence-electron chi connectivity index (χ0n) is 12.7. The molecule has 4 heterocycles. The number of hydrogen-bond acceptors (Lipinski definition) is 5. The van der Waals surface area contributed by atoms with E-state index in [4.69, 9.17) is 14.5 Å². The second-order valence-corrected chi connectivity index (χ2v) is 5.84. The van der Waals surface area contributed by atoms with Crippen molar-refractivity contribution in [2.24, 2.45) is 0 Å². The molecule has 6 heteroatoms. The van der Waals surface area contributed by atoms with Crippen LogP contribution in [0.25, 0.3) is 11.4 Å². The Hall–Kier alpha value is -1.92. The third-order valence-electron chi connectivity index (χ3n) is 4.50. The van der Waals surface area contributed by atoms with E-state index < -0.39 is 0 Å². The standard InChI is InChI=1S/C16H20N4O2/c1-21-15-3-2-11(8-17-15)16-18-13-4-6-20(9-14(13)19-16)12-5-7-22-10-12/h2-3,8,12H,4-7,9-10H2,1H3,(H,18,19)/t12-/m0/s1. The summed E-state index contributed by atoms with van der Waals surface area (Å²) in [5.41, 5.74) is 3.40. The number of fused-ring (bicyclic) bond motifs is 1. The van der Waals surface area contributed by atoms with Crippen molar-refractivity contribution < 1.29 is 9.47 Å². The number of rotatable bonds is 3. The maximum absolute atomic E-state index is 5.51. The van der Waals surface area contributed by atoms with Gasteiger partial charge in [0.1, 0.15) is 5.82 Å². The highest BCUT2D eigenvalue weighted by atomic mass is 16.5. The molecule has 116 valence electrons. The zero-order chi connectivity index (χ0) is 14.9. The van der Waals surface area contributed by atoms with Gasteiger partial charge in [-0.25, -0.2) is 9.97 Å². The van der Waals surface area contributed by atoms with Gasteiger partial charge in [0.25, 0.3) is 0 Å². The van der Waals surface area contributed by atoms with Crippen LogP contribution in [0.2, 0.25) is 0 Å². The summed E-state index contributed by atoms with van der Waals surface area (Å²) >= 11 is 0. The molecule has 2 aromatic heterocycles. The van der Waals surface area contributed by atoms with Crippen molar-refractivity contribution in [3.05, 3.63) is 29.7 Å². The molecule has 1 saturated heterocycles. The van der Waals surface area contributed by atoms with Crippen molar-refractivity contribution in [2.75, 3.05) is 26.9 Å². The number of aromatic nitrogens is 3. The van der Waals surface area contributed by atoms with Crippen LogP contribution in [0, 0.1) is 0 Å². The SMILES string of the molecule is COc1ccc(-c2nc3c([nH]2)CN([C@H]2CCOC2)CC3)cn1. The number of aromatic amines is 1. The third-order valence-corrected chi connectivity index (χ3v) is 4.50. The van der Waals surface area contributed by atoms with E-state index in [0.717, 1.165) is 50.5 Å². The highest BCUT2D eigenvalue weighted by Crippen LogP contribution is 2.25. The van der Waals surface area contributed by atoms with E-state index in [2.05, 4.69) is 14.9 Å². The van der Waals surface area contributed by atoms with Crippen molar-refractivity contribution in [3.63, 3.8) is 0 Å². The monoisotopic (exact) mass is 300 g/mol. The lowest BCUT2D eigenvalue weighted by Gasteiger charge is -2.30. The van der Waals surface area contributed by atoms with E-state index in [0.29, 0.717) is 11.9 Å². The molecule has 2 aromatic rings. The fourth-order valence-electron chi connectivity index (χ4n) is 3.21. The van der Waals surface area contributed by atoms with Gasteiger partial charge < -0.3 is 14.5 Å². The minimum absolute atomic E-state index is 0.558. The number of pyridine rings is 1. The molecule has 0 amide bonds. The lowest BCUT2D eigenvalue weighted by molar-refractivity contribution is 0.133. The van der Waals surface area contributed by atoms with Gasteiger partial charge in [0.2, 0.25) is 5.88 Å². The average Bonchev–Trinajstić information content (AvgIpc) is 3.23. The van der Waals surface area contributed by atoms with Crippen LogP contribution in [0.1, 0.15) is 17.8 Å². The Labute approximate surface area is 129 Å². The molecule has 6 nitrogen and oxygen atoms in total. The molecule has 22 heavy (non-hydrogen) atoms. The fraction of sp³-hybridized carbons (Fsp3) is 0.500. The molecule has 0 aliphatic carbocycles. The van der Waals surface area contributed by atoms with Crippen molar-refractivity contribution in [1.29, 1.82) is 0 Å². The van der Waals surface area contributed by atoms with Crippen LogP contribution in [0.15, 0.2) is 18.3 Å². The Morgan fingerprint density at radius 3 is 3.09 bits per heavy atom. The maximum Gasteiger partial charge on any atom is 0.212 e. The van der Waals surface area contributed by atoms with E-state index in [1.165, 1.54) is 11.4 Å². The van der Waals surface area contributed by atoms with E-state index in [1.54, 1.807) is 13.3 Å². The number of nitrogens with one attached hydrogen (secondary N) is 1. The first-order valence-electron chi connectivity index (χ1n) is 7.73. The van der Waals surface area contributed by atoms with Crippen LogP contribution in [-0.4, -0.2) is 52.8 Å². The van der Waals surface area contributed by atoms with Crippen molar-refractivity contribution in [2.45, 2.75) is 25.4 Å². The molecule has 0 saturated carbocycles. The Morgan fingerprint density at radius 1 is 1.41 bits per heavy atom. The maximum atomic E-state index is 5.51. The van der Waals surface area contributed by atoms with Crippen molar-refractivity contribution in [1.82, 2.24) is 19.9 Å². The van der Waals surface area contributed by atoms with E-state index in [-0.39, 0.29) is 0 Å². The van der Waals surface area contributed by atoms with Crippen LogP contribution in [-0.2, 0) is 17.7 Å². The summed E-state index contributed by atoms with van der Waals surface area (Å²) in [7, 11) is 1.62. The van der Waals surface area contributed by atoms with E-state index in [1.807, 2.05) is 12.1 Å². The third kappa shape index (κ3) is 2.48. The predicted molar refractivity (Wildman–Crippen MR) is 81.7 cm³/mol. The summed E-state index contributed by atoms with van der Waals surface area (Å²) in [6, 6.07) is 4.40. The molecule has 0 aromatic carbocycles.